The van der Waals surface area contributed by atoms with Crippen LogP contribution < -0.4 is 5.32 Å². The average Bonchev–Trinajstić information content (AvgIpc) is 3.11. The van der Waals surface area contributed by atoms with E-state index in [1.165, 1.54) is 28.3 Å². The molecule has 1 amide bonds. The molecule has 5 heteroatoms. The van der Waals surface area contributed by atoms with Gasteiger partial charge in [0, 0.05) is 24.4 Å². The van der Waals surface area contributed by atoms with Crippen LogP contribution in [0.3, 0.4) is 0 Å². The molecule has 1 aliphatic carbocycles. The number of phenolic OH excluding ortho intramolecular Hbond substituents is 1. The second-order valence-electron chi connectivity index (χ2n) is 7.16. The summed E-state index contributed by atoms with van der Waals surface area (Å²) in [5, 5.41) is 12.4. The summed E-state index contributed by atoms with van der Waals surface area (Å²) in [5.74, 6) is 5.66. The van der Waals surface area contributed by atoms with Crippen molar-refractivity contribution in [2.75, 3.05) is 13.2 Å². The van der Waals surface area contributed by atoms with Crippen molar-refractivity contribution in [3.8, 4) is 28.7 Å². The predicted octanol–water partition coefficient (Wildman–Crippen LogP) is 4.49. The minimum Gasteiger partial charge on any atom is -0.507 e. The number of alkyl carbamates (subject to hydrolysis) is 1. The number of benzene rings is 3. The number of carbonyl (C=O) groups is 2. The molecule has 0 heterocycles. The minimum atomic E-state index is -0.491. The molecule has 0 spiro atoms. The fourth-order valence-corrected chi connectivity index (χ4v) is 3.82. The first kappa shape index (κ1) is 20.2. The van der Waals surface area contributed by atoms with Gasteiger partial charge in [0.25, 0.3) is 0 Å². The molecule has 0 bridgehead atoms. The first-order valence-corrected chi connectivity index (χ1v) is 10.0. The number of amides is 1. The lowest BCUT2D eigenvalue weighted by Crippen LogP contribution is -2.26. The van der Waals surface area contributed by atoms with E-state index in [1.807, 2.05) is 24.3 Å². The molecule has 4 rings (SSSR count). The topological polar surface area (TPSA) is 75.6 Å². The van der Waals surface area contributed by atoms with E-state index in [9.17, 15) is 14.7 Å². The number of nitrogens with one attached hydrogen (secondary N) is 1. The van der Waals surface area contributed by atoms with E-state index < -0.39 is 6.09 Å². The summed E-state index contributed by atoms with van der Waals surface area (Å²) in [5.41, 5.74) is 5.32. The smallest absolute Gasteiger partial charge is 0.407 e. The van der Waals surface area contributed by atoms with Crippen LogP contribution in [0.5, 0.6) is 5.75 Å². The molecule has 0 saturated heterocycles. The number of rotatable bonds is 5. The van der Waals surface area contributed by atoms with Crippen LogP contribution in [0.1, 0.15) is 39.4 Å². The van der Waals surface area contributed by atoms with E-state index in [4.69, 9.17) is 4.74 Å². The first-order chi connectivity index (χ1) is 15.2. The van der Waals surface area contributed by atoms with E-state index >= 15 is 0 Å². The van der Waals surface area contributed by atoms with Gasteiger partial charge in [-0.05, 0) is 34.4 Å². The second-order valence-corrected chi connectivity index (χ2v) is 7.16. The molecular formula is C26H21NO4. The average molecular weight is 411 g/mol. The third-order valence-corrected chi connectivity index (χ3v) is 5.29. The molecule has 0 radical (unpaired) electrons. The molecule has 0 unspecified atom stereocenters. The Labute approximate surface area is 180 Å². The minimum absolute atomic E-state index is 0.0189. The second kappa shape index (κ2) is 9.19. The van der Waals surface area contributed by atoms with Crippen molar-refractivity contribution in [3.63, 3.8) is 0 Å². The van der Waals surface area contributed by atoms with Crippen molar-refractivity contribution in [1.82, 2.24) is 5.32 Å². The van der Waals surface area contributed by atoms with Crippen LogP contribution >= 0.6 is 0 Å². The van der Waals surface area contributed by atoms with Gasteiger partial charge in [-0.3, -0.25) is 4.79 Å². The van der Waals surface area contributed by atoms with E-state index in [-0.39, 0.29) is 23.8 Å². The van der Waals surface area contributed by atoms with Crippen molar-refractivity contribution >= 4 is 12.4 Å². The number of aromatic hydroxyl groups is 1. The molecular weight excluding hydrogens is 390 g/mol. The number of carbonyl (C=O) groups excluding carboxylic acids is 2. The van der Waals surface area contributed by atoms with Gasteiger partial charge in [0.15, 0.2) is 6.29 Å². The van der Waals surface area contributed by atoms with Gasteiger partial charge in [0.05, 0.1) is 5.56 Å². The third kappa shape index (κ3) is 4.29. The molecule has 0 atom stereocenters. The lowest BCUT2D eigenvalue weighted by Gasteiger charge is -2.14. The van der Waals surface area contributed by atoms with Crippen LogP contribution in [0.25, 0.3) is 11.1 Å². The molecule has 5 nitrogen and oxygen atoms in total. The van der Waals surface area contributed by atoms with Gasteiger partial charge >= 0.3 is 6.09 Å². The Hall–Kier alpha value is -4.04. The van der Waals surface area contributed by atoms with Gasteiger partial charge in [0.1, 0.15) is 12.4 Å². The van der Waals surface area contributed by atoms with Crippen molar-refractivity contribution in [2.45, 2.75) is 12.3 Å². The highest BCUT2D eigenvalue weighted by Gasteiger charge is 2.28. The Bertz CT molecular complexity index is 1140. The lowest BCUT2D eigenvalue weighted by atomic mass is 9.98. The number of phenols is 1. The number of hydrogen-bond donors (Lipinski definition) is 2. The zero-order valence-corrected chi connectivity index (χ0v) is 16.8. The van der Waals surface area contributed by atoms with E-state index in [1.54, 1.807) is 12.1 Å². The van der Waals surface area contributed by atoms with Crippen molar-refractivity contribution in [2.24, 2.45) is 0 Å². The molecule has 31 heavy (non-hydrogen) atoms. The third-order valence-electron chi connectivity index (χ3n) is 5.29. The highest BCUT2D eigenvalue weighted by atomic mass is 16.5. The molecule has 2 N–H and O–H groups in total. The zero-order valence-electron chi connectivity index (χ0n) is 16.8. The Morgan fingerprint density at radius 2 is 1.68 bits per heavy atom. The van der Waals surface area contributed by atoms with E-state index in [0.29, 0.717) is 24.8 Å². The lowest BCUT2D eigenvalue weighted by molar-refractivity contribution is 0.112. The van der Waals surface area contributed by atoms with E-state index in [2.05, 4.69) is 41.4 Å². The Kier molecular flexibility index (Phi) is 6.00. The number of aldehydes is 1. The molecule has 1 aliphatic rings. The normalized spacial score (nSPS) is 11.6. The zero-order chi connectivity index (χ0) is 21.6. The summed E-state index contributed by atoms with van der Waals surface area (Å²) in [4.78, 5) is 23.2. The predicted molar refractivity (Wildman–Crippen MR) is 118 cm³/mol. The Morgan fingerprint density at radius 3 is 2.35 bits per heavy atom. The summed E-state index contributed by atoms with van der Waals surface area (Å²) in [6, 6.07) is 21.1. The number of hydrogen-bond acceptors (Lipinski definition) is 4. The van der Waals surface area contributed by atoms with Crippen LogP contribution in [0.2, 0.25) is 0 Å². The maximum absolute atomic E-state index is 12.1. The molecule has 0 saturated carbocycles. The van der Waals surface area contributed by atoms with Crippen molar-refractivity contribution in [1.29, 1.82) is 0 Å². The van der Waals surface area contributed by atoms with Crippen LogP contribution in [0, 0.1) is 11.8 Å². The van der Waals surface area contributed by atoms with Crippen LogP contribution in [-0.4, -0.2) is 30.6 Å². The fraction of sp³-hybridized carbons (Fsp3) is 0.154. The quantitative estimate of drug-likeness (QED) is 0.369. The Balaban J connectivity index is 1.30. The highest BCUT2D eigenvalue weighted by Crippen LogP contribution is 2.44. The SMILES string of the molecule is O=Cc1c(O)cccc1C#CCCNC(=O)OCC1c2ccccc2-c2ccccc21. The molecule has 0 aromatic heterocycles. The Morgan fingerprint density at radius 1 is 1.00 bits per heavy atom. The van der Waals surface area contributed by atoms with Crippen molar-refractivity contribution in [3.05, 3.63) is 89.0 Å². The summed E-state index contributed by atoms with van der Waals surface area (Å²) in [6.07, 6.45) is 0.474. The van der Waals surface area contributed by atoms with Gasteiger partial charge in [-0.15, -0.1) is 0 Å². The largest absolute Gasteiger partial charge is 0.507 e. The van der Waals surface area contributed by atoms with Crippen LogP contribution in [0.15, 0.2) is 66.7 Å². The fourth-order valence-electron chi connectivity index (χ4n) is 3.82. The monoisotopic (exact) mass is 411 g/mol. The summed E-state index contributed by atoms with van der Waals surface area (Å²) < 4.78 is 5.48. The standard InChI is InChI=1S/C26H21NO4/c28-16-23-18(9-7-14-25(23)29)8-5-6-15-27-26(30)31-17-24-21-12-3-1-10-19(21)20-11-2-4-13-22(20)24/h1-4,7,9-14,16,24,29H,6,15,17H2,(H,27,30). The van der Waals surface area contributed by atoms with Crippen LogP contribution in [-0.2, 0) is 4.74 Å². The summed E-state index contributed by atoms with van der Waals surface area (Å²) in [6.45, 7) is 0.580. The molecule has 3 aromatic rings. The highest BCUT2D eigenvalue weighted by molar-refractivity contribution is 5.83. The first-order valence-electron chi connectivity index (χ1n) is 10.0. The van der Waals surface area contributed by atoms with Gasteiger partial charge in [0.2, 0.25) is 0 Å². The van der Waals surface area contributed by atoms with Crippen LogP contribution in [0.4, 0.5) is 4.79 Å². The van der Waals surface area contributed by atoms with Gasteiger partial charge in [-0.25, -0.2) is 4.79 Å². The summed E-state index contributed by atoms with van der Waals surface area (Å²) in [7, 11) is 0. The maximum atomic E-state index is 12.1. The van der Waals surface area contributed by atoms with Crippen molar-refractivity contribution < 1.29 is 19.4 Å². The molecule has 0 fully saturated rings. The summed E-state index contributed by atoms with van der Waals surface area (Å²) >= 11 is 0. The van der Waals surface area contributed by atoms with Gasteiger partial charge in [-0.2, -0.15) is 0 Å². The molecule has 0 aliphatic heterocycles. The number of fused-ring (bicyclic) bond motifs is 3. The van der Waals surface area contributed by atoms with Gasteiger partial charge in [-0.1, -0.05) is 66.4 Å². The van der Waals surface area contributed by atoms with Gasteiger partial charge < -0.3 is 15.2 Å². The molecule has 154 valence electrons. The number of ether oxygens (including phenoxy) is 1. The molecule has 3 aromatic carbocycles. The van der Waals surface area contributed by atoms with E-state index in [0.717, 1.165) is 0 Å². The maximum Gasteiger partial charge on any atom is 0.407 e.